The van der Waals surface area contributed by atoms with Crippen LogP contribution in [0.25, 0.3) is 0 Å². The Labute approximate surface area is 128 Å². The van der Waals surface area contributed by atoms with Crippen molar-refractivity contribution in [3.8, 4) is 0 Å². The summed E-state index contributed by atoms with van der Waals surface area (Å²) in [5.41, 5.74) is 1.13. The number of fused-ring (bicyclic) bond motifs is 1. The summed E-state index contributed by atoms with van der Waals surface area (Å²) in [7, 11) is 0. The van der Waals surface area contributed by atoms with Crippen LogP contribution in [-0.4, -0.2) is 46.0 Å². The van der Waals surface area contributed by atoms with E-state index in [1.54, 1.807) is 0 Å². The first-order chi connectivity index (χ1) is 10.8. The van der Waals surface area contributed by atoms with Crippen molar-refractivity contribution in [2.45, 2.75) is 6.54 Å². The van der Waals surface area contributed by atoms with Gasteiger partial charge in [-0.3, -0.25) is 9.88 Å². The van der Waals surface area contributed by atoms with Crippen molar-refractivity contribution in [3.63, 3.8) is 0 Å². The number of hydrogen-bond acceptors (Lipinski definition) is 5. The molecule has 6 heteroatoms. The quantitative estimate of drug-likeness (QED) is 0.861. The predicted molar refractivity (Wildman–Crippen MR) is 80.7 cm³/mol. The fourth-order valence-electron chi connectivity index (χ4n) is 3.57. The van der Waals surface area contributed by atoms with E-state index in [0.29, 0.717) is 17.8 Å². The first-order valence-corrected chi connectivity index (χ1v) is 7.63. The van der Waals surface area contributed by atoms with E-state index in [-0.39, 0.29) is 5.82 Å². The summed E-state index contributed by atoms with van der Waals surface area (Å²) in [6, 6.07) is 6.06. The fourth-order valence-corrected chi connectivity index (χ4v) is 3.57. The summed E-state index contributed by atoms with van der Waals surface area (Å²) in [5.74, 6) is 1.53. The number of halogens is 1. The number of anilines is 1. The largest absolute Gasteiger partial charge is 0.340 e. The third-order valence-electron chi connectivity index (χ3n) is 4.56. The maximum absolute atomic E-state index is 12.9. The number of rotatable bonds is 3. The van der Waals surface area contributed by atoms with Crippen LogP contribution in [0.4, 0.5) is 10.3 Å². The molecule has 0 radical (unpaired) electrons. The van der Waals surface area contributed by atoms with Crippen molar-refractivity contribution >= 4 is 5.95 Å². The van der Waals surface area contributed by atoms with E-state index in [1.807, 2.05) is 18.3 Å². The van der Waals surface area contributed by atoms with Crippen LogP contribution >= 0.6 is 0 Å². The van der Waals surface area contributed by atoms with Crippen LogP contribution in [0.2, 0.25) is 0 Å². The molecule has 0 unspecified atom stereocenters. The van der Waals surface area contributed by atoms with Crippen LogP contribution in [-0.2, 0) is 6.54 Å². The molecular formula is C16H18FN5. The van der Waals surface area contributed by atoms with Crippen molar-refractivity contribution < 1.29 is 4.39 Å². The molecule has 4 rings (SSSR count). The molecule has 0 saturated carbocycles. The molecule has 114 valence electrons. The smallest absolute Gasteiger partial charge is 0.225 e. The molecule has 2 saturated heterocycles. The van der Waals surface area contributed by atoms with Crippen molar-refractivity contribution in [2.24, 2.45) is 11.8 Å². The molecular weight excluding hydrogens is 281 g/mol. The van der Waals surface area contributed by atoms with Gasteiger partial charge in [0.05, 0.1) is 18.1 Å². The van der Waals surface area contributed by atoms with Gasteiger partial charge in [0.15, 0.2) is 5.82 Å². The van der Waals surface area contributed by atoms with Crippen LogP contribution in [0, 0.1) is 17.7 Å². The van der Waals surface area contributed by atoms with Crippen LogP contribution in [0.3, 0.4) is 0 Å². The molecule has 22 heavy (non-hydrogen) atoms. The number of hydrogen-bond donors (Lipinski definition) is 0. The zero-order valence-corrected chi connectivity index (χ0v) is 12.3. The average Bonchev–Trinajstić information content (AvgIpc) is 3.07. The Balaban J connectivity index is 1.37. The highest BCUT2D eigenvalue weighted by atomic mass is 19.1. The van der Waals surface area contributed by atoms with Crippen molar-refractivity contribution in [1.29, 1.82) is 0 Å². The molecule has 2 aliphatic rings. The van der Waals surface area contributed by atoms with Gasteiger partial charge < -0.3 is 4.90 Å². The SMILES string of the molecule is Fc1cnc(N2C[C@H]3CN(Cc4ccccn4)C[C@H]3C2)nc1. The molecule has 5 nitrogen and oxygen atoms in total. The van der Waals surface area contributed by atoms with Crippen molar-refractivity contribution in [2.75, 3.05) is 31.1 Å². The van der Waals surface area contributed by atoms with Gasteiger partial charge in [-0.15, -0.1) is 0 Å². The lowest BCUT2D eigenvalue weighted by atomic mass is 10.0. The highest BCUT2D eigenvalue weighted by Crippen LogP contribution is 2.33. The molecule has 0 amide bonds. The van der Waals surface area contributed by atoms with E-state index >= 15 is 0 Å². The lowest BCUT2D eigenvalue weighted by Gasteiger charge is -2.21. The minimum atomic E-state index is -0.385. The normalized spacial score (nSPS) is 24.7. The number of aromatic nitrogens is 3. The predicted octanol–water partition coefficient (Wildman–Crippen LogP) is 1.58. The van der Waals surface area contributed by atoms with E-state index in [4.69, 9.17) is 0 Å². The summed E-state index contributed by atoms with van der Waals surface area (Å²) in [5, 5.41) is 0. The summed E-state index contributed by atoms with van der Waals surface area (Å²) in [4.78, 5) is 17.2. The monoisotopic (exact) mass is 299 g/mol. The van der Waals surface area contributed by atoms with Gasteiger partial charge in [-0.1, -0.05) is 6.07 Å². The Bertz CT molecular complexity index is 619. The van der Waals surface area contributed by atoms with Crippen molar-refractivity contribution in [3.05, 3.63) is 48.3 Å². The third kappa shape index (κ3) is 2.66. The van der Waals surface area contributed by atoms with Gasteiger partial charge in [-0.2, -0.15) is 0 Å². The molecule has 2 atom stereocenters. The number of likely N-dealkylation sites (tertiary alicyclic amines) is 1. The fraction of sp³-hybridized carbons (Fsp3) is 0.438. The lowest BCUT2D eigenvalue weighted by Crippen LogP contribution is -2.29. The Morgan fingerprint density at radius 3 is 2.36 bits per heavy atom. The van der Waals surface area contributed by atoms with E-state index in [9.17, 15) is 4.39 Å². The first-order valence-electron chi connectivity index (χ1n) is 7.63. The van der Waals surface area contributed by atoms with Gasteiger partial charge >= 0.3 is 0 Å². The zero-order valence-electron chi connectivity index (χ0n) is 12.3. The summed E-state index contributed by atoms with van der Waals surface area (Å²) in [6.45, 7) is 4.99. The molecule has 2 fully saturated rings. The molecule has 4 heterocycles. The van der Waals surface area contributed by atoms with Gasteiger partial charge in [-0.25, -0.2) is 14.4 Å². The standard InChI is InChI=1S/C16H18FN5/c17-14-5-19-16(20-6-14)22-9-12-7-21(8-13(12)10-22)11-15-3-1-2-4-18-15/h1-6,12-13H,7-11H2/t12-,13+. The highest BCUT2D eigenvalue weighted by Gasteiger charge is 2.40. The van der Waals surface area contributed by atoms with E-state index in [1.165, 1.54) is 12.4 Å². The molecule has 0 N–H and O–H groups in total. The second-order valence-electron chi connectivity index (χ2n) is 6.14. The Kier molecular flexibility index (Phi) is 3.46. The molecule has 0 bridgehead atoms. The Morgan fingerprint density at radius 2 is 1.73 bits per heavy atom. The minimum absolute atomic E-state index is 0.385. The van der Waals surface area contributed by atoms with E-state index < -0.39 is 0 Å². The second kappa shape index (κ2) is 5.61. The topological polar surface area (TPSA) is 45.2 Å². The number of pyridine rings is 1. The van der Waals surface area contributed by atoms with Crippen LogP contribution in [0.5, 0.6) is 0 Å². The summed E-state index contributed by atoms with van der Waals surface area (Å²) in [6.07, 6.45) is 4.33. The summed E-state index contributed by atoms with van der Waals surface area (Å²) < 4.78 is 12.9. The van der Waals surface area contributed by atoms with Crippen LogP contribution in [0.15, 0.2) is 36.8 Å². The highest BCUT2D eigenvalue weighted by molar-refractivity contribution is 5.32. The molecule has 2 aliphatic heterocycles. The van der Waals surface area contributed by atoms with Gasteiger partial charge in [0, 0.05) is 38.9 Å². The van der Waals surface area contributed by atoms with Gasteiger partial charge in [-0.05, 0) is 24.0 Å². The molecule has 2 aromatic rings. The van der Waals surface area contributed by atoms with E-state index in [2.05, 4.69) is 30.8 Å². The summed E-state index contributed by atoms with van der Waals surface area (Å²) >= 11 is 0. The minimum Gasteiger partial charge on any atom is -0.340 e. The van der Waals surface area contributed by atoms with Gasteiger partial charge in [0.2, 0.25) is 5.95 Å². The maximum Gasteiger partial charge on any atom is 0.225 e. The van der Waals surface area contributed by atoms with Gasteiger partial charge in [0.1, 0.15) is 0 Å². The van der Waals surface area contributed by atoms with E-state index in [0.717, 1.165) is 38.4 Å². The van der Waals surface area contributed by atoms with Crippen LogP contribution < -0.4 is 4.90 Å². The second-order valence-corrected chi connectivity index (χ2v) is 6.14. The Hall–Kier alpha value is -2.08. The maximum atomic E-state index is 12.9. The molecule has 2 aromatic heterocycles. The van der Waals surface area contributed by atoms with Crippen LogP contribution in [0.1, 0.15) is 5.69 Å². The van der Waals surface area contributed by atoms with Crippen molar-refractivity contribution in [1.82, 2.24) is 19.9 Å². The first kappa shape index (κ1) is 13.6. The molecule has 0 spiro atoms. The lowest BCUT2D eigenvalue weighted by molar-refractivity contribution is 0.305. The molecule has 0 aromatic carbocycles. The molecule has 0 aliphatic carbocycles. The van der Waals surface area contributed by atoms with Gasteiger partial charge in [0.25, 0.3) is 0 Å². The average molecular weight is 299 g/mol. The number of nitrogens with zero attached hydrogens (tertiary/aromatic N) is 5. The zero-order chi connectivity index (χ0) is 14.9. The third-order valence-corrected chi connectivity index (χ3v) is 4.56. The Morgan fingerprint density at radius 1 is 1.00 bits per heavy atom.